The van der Waals surface area contributed by atoms with Crippen molar-refractivity contribution >= 4 is 39.5 Å². The largest absolute Gasteiger partial charge is 0.472 e. The van der Waals surface area contributed by atoms with Gasteiger partial charge in [-0.2, -0.15) is 0 Å². The number of hydrogen-bond donors (Lipinski definition) is 3. The Labute approximate surface area is 594 Å². The van der Waals surface area contributed by atoms with Crippen molar-refractivity contribution in [3.05, 3.63) is 0 Å². The van der Waals surface area contributed by atoms with Gasteiger partial charge in [0.25, 0.3) is 0 Å². The van der Waals surface area contributed by atoms with Gasteiger partial charge < -0.3 is 33.8 Å². The minimum absolute atomic E-state index is 0.108. The molecule has 3 N–H and O–H groups in total. The number of unbranched alkanes of at least 4 members (excludes halogenated alkanes) is 53. The first-order valence-electron chi connectivity index (χ1n) is 40.8. The zero-order valence-electron chi connectivity index (χ0n) is 63.1. The fourth-order valence-electron chi connectivity index (χ4n) is 12.1. The smallest absolute Gasteiger partial charge is 0.462 e. The minimum Gasteiger partial charge on any atom is -0.462 e. The molecule has 0 fully saturated rings. The molecule has 0 aromatic heterocycles. The summed E-state index contributed by atoms with van der Waals surface area (Å²) in [6.07, 6.45) is 64.0. The molecule has 17 nitrogen and oxygen atoms in total. The van der Waals surface area contributed by atoms with Crippen molar-refractivity contribution in [3.63, 3.8) is 0 Å². The van der Waals surface area contributed by atoms with Crippen LogP contribution in [0.5, 0.6) is 0 Å². The van der Waals surface area contributed by atoms with Crippen LogP contribution < -0.4 is 0 Å². The van der Waals surface area contributed by atoms with E-state index in [1.165, 1.54) is 238 Å². The first-order chi connectivity index (χ1) is 47.2. The molecule has 0 aliphatic rings. The number of carbonyl (C=O) groups excluding carboxylic acids is 4. The first kappa shape index (κ1) is 95.1. The van der Waals surface area contributed by atoms with Crippen molar-refractivity contribution in [2.24, 2.45) is 0 Å². The number of hydrogen-bond acceptors (Lipinski definition) is 15. The van der Waals surface area contributed by atoms with E-state index in [1.54, 1.807) is 0 Å². The Hall–Kier alpha value is -1.94. The summed E-state index contributed by atoms with van der Waals surface area (Å²) in [4.78, 5) is 72.8. The summed E-state index contributed by atoms with van der Waals surface area (Å²) in [6.45, 7) is 4.97. The van der Waals surface area contributed by atoms with Crippen molar-refractivity contribution in [2.45, 2.75) is 438 Å². The molecular weight excluding hydrogens is 1270 g/mol. The molecule has 0 aliphatic heterocycles. The van der Waals surface area contributed by atoms with Crippen molar-refractivity contribution in [2.75, 3.05) is 39.6 Å². The molecule has 576 valence electrons. The molecule has 0 aliphatic carbocycles. The highest BCUT2D eigenvalue weighted by atomic mass is 31.2. The van der Waals surface area contributed by atoms with E-state index in [9.17, 15) is 43.2 Å². The predicted molar refractivity (Wildman–Crippen MR) is 395 cm³/mol. The molecule has 0 spiro atoms. The summed E-state index contributed by atoms with van der Waals surface area (Å²) < 4.78 is 68.5. The second-order valence-electron chi connectivity index (χ2n) is 28.1. The van der Waals surface area contributed by atoms with Gasteiger partial charge in [0, 0.05) is 25.7 Å². The Balaban J connectivity index is 5.17. The predicted octanol–water partition coefficient (Wildman–Crippen LogP) is 23.4. The number of aliphatic hydroxyl groups excluding tert-OH is 1. The third kappa shape index (κ3) is 72.2. The number of esters is 4. The van der Waals surface area contributed by atoms with Crippen molar-refractivity contribution < 1.29 is 80.2 Å². The van der Waals surface area contributed by atoms with Crippen molar-refractivity contribution in [1.29, 1.82) is 0 Å². The summed E-state index contributed by atoms with van der Waals surface area (Å²) in [7, 11) is -9.91. The SMILES string of the molecule is CCCCCCCCCCCCCCCCCCCCCCC(=O)O[C@H](COC(=O)CCCCCCCCCCCCCCCCCC)COP(=O)(O)OC[C@@H](O)COP(=O)(O)OC[C@@H](COC(=O)CCCCCCCCC)OC(=O)CCCCCCCCCCCCCCCC. The molecule has 0 rings (SSSR count). The lowest BCUT2D eigenvalue weighted by molar-refractivity contribution is -0.161. The third-order valence-corrected chi connectivity index (χ3v) is 20.3. The highest BCUT2D eigenvalue weighted by Crippen LogP contribution is 2.45. The topological polar surface area (TPSA) is 237 Å². The average molecular weight is 1420 g/mol. The van der Waals surface area contributed by atoms with Crippen LogP contribution in [-0.2, 0) is 65.4 Å². The standard InChI is InChI=1S/C78H152O17P2/c1-5-9-13-17-21-24-27-30-33-35-36-37-38-40-43-46-49-53-57-61-65-78(83)95-74(69-89-76(81)63-59-55-51-47-44-42-39-34-31-28-25-22-18-14-10-6-2)71-93-97(86,87)91-67-72(79)66-90-96(84,85)92-70-73(68-88-75(80)62-58-54-50-20-16-12-8-4)94-77(82)64-60-56-52-48-45-41-32-29-26-23-19-15-11-7-3/h72-74,79H,5-71H2,1-4H3,(H,84,85)(H,86,87)/t72-,73+,74+/m0/s1. The van der Waals surface area contributed by atoms with Gasteiger partial charge in [0.05, 0.1) is 26.4 Å². The minimum atomic E-state index is -4.96. The lowest BCUT2D eigenvalue weighted by Crippen LogP contribution is -2.30. The van der Waals surface area contributed by atoms with E-state index in [0.717, 1.165) is 103 Å². The zero-order valence-corrected chi connectivity index (χ0v) is 64.8. The van der Waals surface area contributed by atoms with Gasteiger partial charge in [-0.15, -0.1) is 0 Å². The Bertz CT molecular complexity index is 1840. The zero-order chi connectivity index (χ0) is 71.1. The van der Waals surface area contributed by atoms with Crippen molar-refractivity contribution in [1.82, 2.24) is 0 Å². The van der Waals surface area contributed by atoms with Crippen LogP contribution in [0.25, 0.3) is 0 Å². The average Bonchev–Trinajstić information content (AvgIpc) is 1.07. The third-order valence-electron chi connectivity index (χ3n) is 18.4. The molecule has 0 radical (unpaired) electrons. The number of carbonyl (C=O) groups is 4. The summed E-state index contributed by atoms with van der Waals surface area (Å²) in [6, 6.07) is 0. The number of phosphoric ester groups is 2. The van der Waals surface area contributed by atoms with Crippen LogP contribution in [0.2, 0.25) is 0 Å². The molecular formula is C78H152O17P2. The van der Waals surface area contributed by atoms with E-state index < -0.39 is 97.5 Å². The van der Waals surface area contributed by atoms with E-state index in [-0.39, 0.29) is 25.7 Å². The Kier molecular flexibility index (Phi) is 71.0. The van der Waals surface area contributed by atoms with Crippen LogP contribution in [-0.4, -0.2) is 96.7 Å². The monoisotopic (exact) mass is 1420 g/mol. The van der Waals surface area contributed by atoms with Gasteiger partial charge in [-0.05, 0) is 25.7 Å². The van der Waals surface area contributed by atoms with Crippen LogP contribution in [0.4, 0.5) is 0 Å². The Morgan fingerprint density at radius 2 is 0.412 bits per heavy atom. The van der Waals surface area contributed by atoms with Gasteiger partial charge in [0.2, 0.25) is 0 Å². The normalized spacial score (nSPS) is 13.8. The van der Waals surface area contributed by atoms with E-state index >= 15 is 0 Å². The fraction of sp³-hybridized carbons (Fsp3) is 0.949. The van der Waals surface area contributed by atoms with E-state index in [0.29, 0.717) is 25.7 Å². The van der Waals surface area contributed by atoms with Gasteiger partial charge in [0.15, 0.2) is 12.2 Å². The maximum Gasteiger partial charge on any atom is 0.472 e. The molecule has 97 heavy (non-hydrogen) atoms. The summed E-state index contributed by atoms with van der Waals surface area (Å²) >= 11 is 0. The van der Waals surface area contributed by atoms with Crippen LogP contribution in [0.3, 0.4) is 0 Å². The van der Waals surface area contributed by atoms with Crippen molar-refractivity contribution in [3.8, 4) is 0 Å². The molecule has 0 aromatic carbocycles. The maximum absolute atomic E-state index is 13.1. The highest BCUT2D eigenvalue weighted by molar-refractivity contribution is 7.47. The second kappa shape index (κ2) is 72.4. The second-order valence-corrected chi connectivity index (χ2v) is 31.0. The summed E-state index contributed by atoms with van der Waals surface area (Å²) in [5.74, 6) is -2.11. The van der Waals surface area contributed by atoms with Gasteiger partial charge in [-0.25, -0.2) is 9.13 Å². The molecule has 0 aromatic rings. The fourth-order valence-corrected chi connectivity index (χ4v) is 13.7. The number of aliphatic hydroxyl groups is 1. The van der Waals surface area contributed by atoms with E-state index in [2.05, 4.69) is 27.7 Å². The molecule has 0 amide bonds. The highest BCUT2D eigenvalue weighted by Gasteiger charge is 2.30. The van der Waals surface area contributed by atoms with Gasteiger partial charge in [-0.1, -0.05) is 368 Å². The molecule has 19 heteroatoms. The quantitative estimate of drug-likeness (QED) is 0.0222. The first-order valence-corrected chi connectivity index (χ1v) is 43.8. The summed E-state index contributed by atoms with van der Waals surface area (Å²) in [5, 5.41) is 10.6. The lowest BCUT2D eigenvalue weighted by atomic mass is 10.0. The Morgan fingerprint density at radius 1 is 0.247 bits per heavy atom. The molecule has 0 bridgehead atoms. The van der Waals surface area contributed by atoms with Gasteiger partial charge in [0.1, 0.15) is 19.3 Å². The molecule has 5 atom stereocenters. The summed E-state index contributed by atoms with van der Waals surface area (Å²) in [5.41, 5.74) is 0. The molecule has 0 saturated carbocycles. The van der Waals surface area contributed by atoms with Crippen LogP contribution in [0.15, 0.2) is 0 Å². The maximum atomic E-state index is 13.1. The van der Waals surface area contributed by atoms with E-state index in [4.69, 9.17) is 37.0 Å². The Morgan fingerprint density at radius 3 is 0.608 bits per heavy atom. The number of phosphoric acid groups is 2. The van der Waals surface area contributed by atoms with Gasteiger partial charge >= 0.3 is 39.5 Å². The number of rotatable bonds is 79. The van der Waals surface area contributed by atoms with Gasteiger partial charge in [-0.3, -0.25) is 37.3 Å². The molecule has 0 saturated heterocycles. The lowest BCUT2D eigenvalue weighted by Gasteiger charge is -2.21. The van der Waals surface area contributed by atoms with Crippen LogP contribution in [0.1, 0.15) is 419 Å². The number of ether oxygens (including phenoxy) is 4. The van der Waals surface area contributed by atoms with Crippen LogP contribution in [0, 0.1) is 0 Å². The van der Waals surface area contributed by atoms with E-state index in [1.807, 2.05) is 0 Å². The molecule has 0 heterocycles. The molecule has 2 unspecified atom stereocenters. The van der Waals surface area contributed by atoms with Crippen LogP contribution >= 0.6 is 15.6 Å².